The van der Waals surface area contributed by atoms with Crippen LogP contribution in [0.5, 0.6) is 0 Å². The molecule has 11 nitrogen and oxygen atoms in total. The van der Waals surface area contributed by atoms with Crippen molar-refractivity contribution in [3.05, 3.63) is 35.9 Å². The first-order valence-electron chi connectivity index (χ1n) is 16.8. The van der Waals surface area contributed by atoms with Crippen molar-refractivity contribution in [2.45, 2.75) is 123 Å². The van der Waals surface area contributed by atoms with E-state index in [0.717, 1.165) is 50.8 Å². The van der Waals surface area contributed by atoms with E-state index in [2.05, 4.69) is 46.6 Å². The van der Waals surface area contributed by atoms with Gasteiger partial charge in [-0.1, -0.05) is 70.9 Å². The van der Waals surface area contributed by atoms with Crippen molar-refractivity contribution >= 4 is 29.7 Å². The molecule has 1 aliphatic rings. The number of benzene rings is 1. The van der Waals surface area contributed by atoms with Crippen LogP contribution in [0.4, 0.5) is 0 Å². The molecule has 1 aromatic carbocycles. The number of nitrogens with two attached hydrogens (primary N) is 1. The minimum absolute atomic E-state index is 0.0759. The number of hydrogen-bond acceptors (Lipinski definition) is 6. The minimum Gasteiger partial charge on any atom is -0.460 e. The summed E-state index contributed by atoms with van der Waals surface area (Å²) in [4.78, 5) is 60.0. The number of cyclic esters (lactones) is 1. The number of carbonyl (C=O) groups is 4. The van der Waals surface area contributed by atoms with Crippen molar-refractivity contribution in [3.8, 4) is 0 Å². The van der Waals surface area contributed by atoms with Gasteiger partial charge in [0.15, 0.2) is 5.96 Å². The van der Waals surface area contributed by atoms with Gasteiger partial charge in [-0.2, -0.15) is 0 Å². The van der Waals surface area contributed by atoms with Gasteiger partial charge in [-0.15, -0.1) is 0 Å². The molecule has 1 saturated heterocycles. The largest absolute Gasteiger partial charge is 0.460 e. The molecule has 0 aromatic heterocycles. The van der Waals surface area contributed by atoms with E-state index in [0.29, 0.717) is 31.8 Å². The summed E-state index contributed by atoms with van der Waals surface area (Å²) in [5, 5.41) is 8.37. The van der Waals surface area contributed by atoms with Crippen LogP contribution in [0.3, 0.4) is 0 Å². The molecule has 5 unspecified atom stereocenters. The molecule has 45 heavy (non-hydrogen) atoms. The van der Waals surface area contributed by atoms with Crippen LogP contribution in [0.2, 0.25) is 0 Å². The van der Waals surface area contributed by atoms with Gasteiger partial charge in [0.05, 0.1) is 6.42 Å². The van der Waals surface area contributed by atoms with Crippen LogP contribution in [0, 0.1) is 5.92 Å². The molecular formula is C34H56N6O5. The van der Waals surface area contributed by atoms with E-state index in [1.165, 1.54) is 0 Å². The molecule has 3 amide bonds. The number of esters is 1. The highest BCUT2D eigenvalue weighted by Crippen LogP contribution is 2.20. The molecule has 1 aliphatic heterocycles. The molecule has 0 radical (unpaired) electrons. The molecule has 0 spiro atoms. The summed E-state index contributed by atoms with van der Waals surface area (Å²) in [5.41, 5.74) is 7.06. The van der Waals surface area contributed by atoms with E-state index in [4.69, 9.17) is 10.5 Å². The predicted molar refractivity (Wildman–Crippen MR) is 177 cm³/mol. The number of guanidine groups is 1. The van der Waals surface area contributed by atoms with E-state index in [1.54, 1.807) is 6.92 Å². The smallest absolute Gasteiger partial charge is 0.329 e. The Labute approximate surface area is 269 Å². The third-order valence-corrected chi connectivity index (χ3v) is 8.07. The molecule has 5 N–H and O–H groups in total. The van der Waals surface area contributed by atoms with E-state index in [9.17, 15) is 19.2 Å². The number of unbranched alkanes of at least 4 members (excludes halogenated alkanes) is 2. The summed E-state index contributed by atoms with van der Waals surface area (Å²) in [6.07, 6.45) is 5.72. The van der Waals surface area contributed by atoms with Gasteiger partial charge in [0.1, 0.15) is 24.2 Å². The molecule has 0 bridgehead atoms. The lowest BCUT2D eigenvalue weighted by Crippen LogP contribution is -2.54. The Bertz CT molecular complexity index is 1090. The summed E-state index contributed by atoms with van der Waals surface area (Å²) in [6.45, 7) is 12.0. The highest BCUT2D eigenvalue weighted by Gasteiger charge is 2.33. The SMILES string of the molecule is CCCCC(C)C1CC(=O)NC(CCCCN=C(N)N(CCC)CCC)C(=O)NC(C)C(=O)NC(Cc2ccccc2)C(=O)O1. The normalized spacial score (nSPS) is 22.6. The molecule has 0 saturated carbocycles. The Morgan fingerprint density at radius 1 is 0.933 bits per heavy atom. The summed E-state index contributed by atoms with van der Waals surface area (Å²) in [6, 6.07) is 6.58. The third kappa shape index (κ3) is 13.5. The van der Waals surface area contributed by atoms with Gasteiger partial charge in [0, 0.05) is 26.1 Å². The second kappa shape index (κ2) is 20.4. The van der Waals surface area contributed by atoms with E-state index in [1.807, 2.05) is 37.3 Å². The number of amides is 3. The Kier molecular flexibility index (Phi) is 17.0. The average Bonchev–Trinajstić information content (AvgIpc) is 3.02. The van der Waals surface area contributed by atoms with Crippen molar-refractivity contribution in [1.29, 1.82) is 0 Å². The molecule has 252 valence electrons. The van der Waals surface area contributed by atoms with Crippen molar-refractivity contribution < 1.29 is 23.9 Å². The lowest BCUT2D eigenvalue weighted by molar-refractivity contribution is -0.157. The number of rotatable bonds is 15. The van der Waals surface area contributed by atoms with E-state index in [-0.39, 0.29) is 24.7 Å². The number of hydrogen-bond donors (Lipinski definition) is 4. The van der Waals surface area contributed by atoms with Gasteiger partial charge in [-0.25, -0.2) is 4.79 Å². The number of aliphatic imine (C=N–C) groups is 1. The first kappa shape index (κ1) is 37.6. The fraction of sp³-hybridized carbons (Fsp3) is 0.676. The maximum absolute atomic E-state index is 13.5. The van der Waals surface area contributed by atoms with Gasteiger partial charge in [-0.3, -0.25) is 19.4 Å². The van der Waals surface area contributed by atoms with Gasteiger partial charge in [-0.05, 0) is 56.9 Å². The molecule has 1 aromatic rings. The predicted octanol–water partition coefficient (Wildman–Crippen LogP) is 3.45. The Morgan fingerprint density at radius 2 is 1.62 bits per heavy atom. The minimum atomic E-state index is -0.974. The highest BCUT2D eigenvalue weighted by atomic mass is 16.5. The topological polar surface area (TPSA) is 155 Å². The molecule has 1 heterocycles. The molecule has 2 rings (SSSR count). The fourth-order valence-electron chi connectivity index (χ4n) is 5.36. The van der Waals surface area contributed by atoms with Crippen LogP contribution in [-0.4, -0.2) is 78.4 Å². The maximum atomic E-state index is 13.5. The van der Waals surface area contributed by atoms with Crippen LogP contribution in [-0.2, 0) is 30.3 Å². The first-order valence-corrected chi connectivity index (χ1v) is 16.8. The second-order valence-corrected chi connectivity index (χ2v) is 12.1. The lowest BCUT2D eigenvalue weighted by Gasteiger charge is -2.27. The van der Waals surface area contributed by atoms with Crippen LogP contribution in [0.1, 0.15) is 98.0 Å². The summed E-state index contributed by atoms with van der Waals surface area (Å²) >= 11 is 0. The fourth-order valence-corrected chi connectivity index (χ4v) is 5.36. The molecule has 5 atom stereocenters. The molecule has 1 fully saturated rings. The van der Waals surface area contributed by atoms with Crippen molar-refractivity contribution in [2.75, 3.05) is 19.6 Å². The Balaban J connectivity index is 2.21. The molecular weight excluding hydrogens is 572 g/mol. The van der Waals surface area contributed by atoms with Gasteiger partial charge in [0.2, 0.25) is 17.7 Å². The van der Waals surface area contributed by atoms with Crippen LogP contribution >= 0.6 is 0 Å². The Hall–Kier alpha value is -3.63. The van der Waals surface area contributed by atoms with Crippen molar-refractivity contribution in [1.82, 2.24) is 20.9 Å². The lowest BCUT2D eigenvalue weighted by atomic mass is 9.95. The van der Waals surface area contributed by atoms with Crippen LogP contribution in [0.15, 0.2) is 35.3 Å². The van der Waals surface area contributed by atoms with Crippen LogP contribution < -0.4 is 21.7 Å². The first-order chi connectivity index (χ1) is 21.6. The quantitative estimate of drug-likeness (QED) is 0.100. The molecule has 0 aliphatic carbocycles. The second-order valence-electron chi connectivity index (χ2n) is 12.1. The van der Waals surface area contributed by atoms with Gasteiger partial charge in [0.25, 0.3) is 0 Å². The number of nitrogens with zero attached hydrogens (tertiary/aromatic N) is 2. The summed E-state index contributed by atoms with van der Waals surface area (Å²) in [7, 11) is 0. The zero-order valence-corrected chi connectivity index (χ0v) is 28.0. The van der Waals surface area contributed by atoms with Crippen molar-refractivity contribution in [3.63, 3.8) is 0 Å². The standard InChI is InChI=1S/C34H56N6O5/c1-6-9-15-24(4)29-23-30(41)38-27(18-13-14-19-36-34(35)40(20-7-2)21-8-3)32(43)37-25(5)31(42)39-28(33(44)45-29)22-26-16-11-10-12-17-26/h10-12,16-17,24-25,27-29H,6-9,13-15,18-23H2,1-5H3,(H2,35,36)(H,37,43)(H,38,41)(H,39,42). The monoisotopic (exact) mass is 628 g/mol. The van der Waals surface area contributed by atoms with Crippen LogP contribution in [0.25, 0.3) is 0 Å². The summed E-state index contributed by atoms with van der Waals surface area (Å²) < 4.78 is 5.96. The number of nitrogens with one attached hydrogen (secondary N) is 3. The summed E-state index contributed by atoms with van der Waals surface area (Å²) in [5.74, 6) is -1.50. The van der Waals surface area contributed by atoms with Gasteiger partial charge < -0.3 is 31.3 Å². The zero-order valence-electron chi connectivity index (χ0n) is 28.0. The maximum Gasteiger partial charge on any atom is 0.329 e. The van der Waals surface area contributed by atoms with E-state index < -0.39 is 42.0 Å². The average molecular weight is 629 g/mol. The Morgan fingerprint density at radius 3 is 2.27 bits per heavy atom. The van der Waals surface area contributed by atoms with E-state index >= 15 is 0 Å². The number of carbonyl (C=O) groups excluding carboxylic acids is 4. The van der Waals surface area contributed by atoms with Gasteiger partial charge >= 0.3 is 5.97 Å². The zero-order chi connectivity index (χ0) is 33.2. The highest BCUT2D eigenvalue weighted by molar-refractivity contribution is 5.93. The van der Waals surface area contributed by atoms with Crippen molar-refractivity contribution in [2.24, 2.45) is 16.6 Å². The number of ether oxygens (including phenoxy) is 1. The third-order valence-electron chi connectivity index (χ3n) is 8.07. The molecule has 11 heteroatoms.